The maximum atomic E-state index is 5.19. The predicted octanol–water partition coefficient (Wildman–Crippen LogP) is 9.55. The Bertz CT molecular complexity index is 2170. The van der Waals surface area contributed by atoms with E-state index in [2.05, 4.69) is 96.0 Å². The molecule has 4 heteroatoms. The van der Waals surface area contributed by atoms with Gasteiger partial charge < -0.3 is 0 Å². The molecule has 0 aliphatic carbocycles. The third-order valence-electron chi connectivity index (χ3n) is 7.32. The summed E-state index contributed by atoms with van der Waals surface area (Å²) >= 11 is 1.82. The van der Waals surface area contributed by atoms with E-state index in [1.54, 1.807) is 0 Å². The van der Waals surface area contributed by atoms with Crippen LogP contribution in [0.15, 0.2) is 128 Å². The first-order chi connectivity index (χ1) is 19.3. The highest BCUT2D eigenvalue weighted by Crippen LogP contribution is 2.41. The highest BCUT2D eigenvalue weighted by atomic mass is 32.1. The predicted molar refractivity (Wildman–Crippen MR) is 164 cm³/mol. The lowest BCUT2D eigenvalue weighted by Crippen LogP contribution is -1.91. The smallest absolute Gasteiger partial charge is 0.0972 e. The molecule has 8 aromatic rings. The van der Waals surface area contributed by atoms with E-state index in [0.29, 0.717) is 0 Å². The Balaban J connectivity index is 1.33. The van der Waals surface area contributed by atoms with Crippen molar-refractivity contribution < 1.29 is 0 Å². The number of hydrogen-bond donors (Lipinski definition) is 0. The van der Waals surface area contributed by atoms with Crippen LogP contribution in [0.1, 0.15) is 0 Å². The summed E-state index contributed by atoms with van der Waals surface area (Å²) in [6.07, 6.45) is 1.86. The Morgan fingerprint density at radius 3 is 1.95 bits per heavy atom. The largest absolute Gasteiger partial charge is 0.256 e. The van der Waals surface area contributed by atoms with Crippen molar-refractivity contribution in [2.75, 3.05) is 0 Å². The van der Waals surface area contributed by atoms with Gasteiger partial charge in [0.05, 0.1) is 28.1 Å². The molecule has 0 saturated heterocycles. The third-order valence-corrected chi connectivity index (χ3v) is 8.46. The van der Waals surface area contributed by atoms with Crippen molar-refractivity contribution in [1.29, 1.82) is 0 Å². The van der Waals surface area contributed by atoms with Crippen LogP contribution >= 0.6 is 11.3 Å². The molecule has 8 rings (SSSR count). The summed E-state index contributed by atoms with van der Waals surface area (Å²) in [6.45, 7) is 0. The fourth-order valence-corrected chi connectivity index (χ4v) is 6.53. The summed E-state index contributed by atoms with van der Waals surface area (Å²) in [5, 5.41) is 4.66. The molecule has 0 bridgehead atoms. The molecular formula is C35H21N3S. The van der Waals surface area contributed by atoms with Crippen molar-refractivity contribution in [3.63, 3.8) is 0 Å². The molecule has 0 fully saturated rings. The average Bonchev–Trinajstić information content (AvgIpc) is 3.39. The summed E-state index contributed by atoms with van der Waals surface area (Å²) in [5.41, 5.74) is 8.09. The van der Waals surface area contributed by atoms with Crippen LogP contribution < -0.4 is 0 Å². The second-order valence-electron chi connectivity index (χ2n) is 9.67. The number of fused-ring (bicyclic) bond motifs is 6. The SMILES string of the molecule is c1ccc(-c2ccc3ccc4ccc(-c5ccc6sc7cccc(-c8ccccn8)c7c6c5)nc4c3n2)cc1. The van der Waals surface area contributed by atoms with Gasteiger partial charge in [-0.25, -0.2) is 9.97 Å². The van der Waals surface area contributed by atoms with Crippen LogP contribution in [0.25, 0.3) is 75.8 Å². The Kier molecular flexibility index (Phi) is 5.00. The van der Waals surface area contributed by atoms with Crippen molar-refractivity contribution in [2.45, 2.75) is 0 Å². The molecule has 0 aliphatic heterocycles. The van der Waals surface area contributed by atoms with Crippen LogP contribution in [0.5, 0.6) is 0 Å². The summed E-state index contributed by atoms with van der Waals surface area (Å²) in [7, 11) is 0. The summed E-state index contributed by atoms with van der Waals surface area (Å²) < 4.78 is 2.53. The summed E-state index contributed by atoms with van der Waals surface area (Å²) in [6, 6.07) is 42.3. The van der Waals surface area contributed by atoms with Crippen LogP contribution in [-0.4, -0.2) is 15.0 Å². The first kappa shape index (κ1) is 22.1. The Labute approximate surface area is 229 Å². The van der Waals surface area contributed by atoms with Crippen LogP contribution in [0.2, 0.25) is 0 Å². The fourth-order valence-electron chi connectivity index (χ4n) is 5.42. The molecule has 0 atom stereocenters. The van der Waals surface area contributed by atoms with Gasteiger partial charge in [-0.3, -0.25) is 4.98 Å². The van der Waals surface area contributed by atoms with Gasteiger partial charge in [-0.15, -0.1) is 11.3 Å². The van der Waals surface area contributed by atoms with Gasteiger partial charge in [0.1, 0.15) is 0 Å². The number of rotatable bonds is 3. The lowest BCUT2D eigenvalue weighted by Gasteiger charge is -2.09. The van der Waals surface area contributed by atoms with Gasteiger partial charge in [0, 0.05) is 53.8 Å². The molecule has 4 aromatic heterocycles. The third kappa shape index (κ3) is 3.69. The monoisotopic (exact) mass is 515 g/mol. The molecule has 0 amide bonds. The van der Waals surface area contributed by atoms with Crippen LogP contribution in [-0.2, 0) is 0 Å². The zero-order chi connectivity index (χ0) is 25.8. The molecule has 0 saturated carbocycles. The number of hydrogen-bond acceptors (Lipinski definition) is 4. The van der Waals surface area contributed by atoms with Crippen molar-refractivity contribution in [2.24, 2.45) is 0 Å². The van der Waals surface area contributed by atoms with Gasteiger partial charge in [-0.2, -0.15) is 0 Å². The zero-order valence-corrected chi connectivity index (χ0v) is 21.7. The van der Waals surface area contributed by atoms with Crippen molar-refractivity contribution >= 4 is 53.3 Å². The molecule has 0 radical (unpaired) electrons. The topological polar surface area (TPSA) is 38.7 Å². The molecule has 4 heterocycles. The Morgan fingerprint density at radius 1 is 0.487 bits per heavy atom. The quantitative estimate of drug-likeness (QED) is 0.220. The summed E-state index contributed by atoms with van der Waals surface area (Å²) in [5.74, 6) is 0. The van der Waals surface area contributed by atoms with E-state index in [-0.39, 0.29) is 0 Å². The molecule has 182 valence electrons. The van der Waals surface area contributed by atoms with Gasteiger partial charge in [-0.1, -0.05) is 78.9 Å². The van der Waals surface area contributed by atoms with Crippen LogP contribution in [0.3, 0.4) is 0 Å². The van der Waals surface area contributed by atoms with E-state index in [1.165, 1.54) is 20.2 Å². The number of aromatic nitrogens is 3. The van der Waals surface area contributed by atoms with E-state index >= 15 is 0 Å². The van der Waals surface area contributed by atoms with Gasteiger partial charge in [0.2, 0.25) is 0 Å². The van der Waals surface area contributed by atoms with Crippen molar-refractivity contribution in [3.8, 4) is 33.8 Å². The number of benzene rings is 4. The second-order valence-corrected chi connectivity index (χ2v) is 10.8. The van der Waals surface area contributed by atoms with Gasteiger partial charge in [0.25, 0.3) is 0 Å². The molecule has 39 heavy (non-hydrogen) atoms. The van der Waals surface area contributed by atoms with Gasteiger partial charge >= 0.3 is 0 Å². The molecule has 0 unspecified atom stereocenters. The standard InChI is InChI=1S/C35H21N3S/c1-2-7-22(8-3-1)28-17-14-23-12-13-24-15-18-29(38-35(24)34(23)37-28)25-16-19-31-27(21-25)33-26(9-6-11-32(33)39-31)30-10-4-5-20-36-30/h1-21H. The lowest BCUT2D eigenvalue weighted by molar-refractivity contribution is 1.33. The van der Waals surface area contributed by atoms with Crippen LogP contribution in [0.4, 0.5) is 0 Å². The highest BCUT2D eigenvalue weighted by Gasteiger charge is 2.14. The van der Waals surface area contributed by atoms with E-state index in [0.717, 1.165) is 55.6 Å². The Hall–Kier alpha value is -4.93. The minimum atomic E-state index is 0.923. The molecule has 0 N–H and O–H groups in total. The highest BCUT2D eigenvalue weighted by molar-refractivity contribution is 7.26. The number of pyridine rings is 3. The zero-order valence-electron chi connectivity index (χ0n) is 20.9. The molecule has 0 aliphatic rings. The molecule has 3 nitrogen and oxygen atoms in total. The normalized spacial score (nSPS) is 11.6. The van der Waals surface area contributed by atoms with Crippen molar-refractivity contribution in [1.82, 2.24) is 15.0 Å². The van der Waals surface area contributed by atoms with Gasteiger partial charge in [0.15, 0.2) is 0 Å². The first-order valence-corrected chi connectivity index (χ1v) is 13.8. The van der Waals surface area contributed by atoms with E-state index in [4.69, 9.17) is 9.97 Å². The van der Waals surface area contributed by atoms with Crippen LogP contribution in [0, 0.1) is 0 Å². The van der Waals surface area contributed by atoms with Gasteiger partial charge in [-0.05, 0) is 42.5 Å². The number of nitrogens with zero attached hydrogens (tertiary/aromatic N) is 3. The molecular weight excluding hydrogens is 494 g/mol. The first-order valence-electron chi connectivity index (χ1n) is 12.9. The maximum Gasteiger partial charge on any atom is 0.0972 e. The fraction of sp³-hybridized carbons (Fsp3) is 0. The second kappa shape index (κ2) is 8.83. The Morgan fingerprint density at radius 2 is 1.21 bits per heavy atom. The van der Waals surface area contributed by atoms with E-state index < -0.39 is 0 Å². The minimum absolute atomic E-state index is 0.923. The minimum Gasteiger partial charge on any atom is -0.256 e. The van der Waals surface area contributed by atoms with Crippen molar-refractivity contribution in [3.05, 3.63) is 128 Å². The van der Waals surface area contributed by atoms with E-state index in [1.807, 2.05) is 47.9 Å². The lowest BCUT2D eigenvalue weighted by atomic mass is 10.0. The maximum absolute atomic E-state index is 5.19. The number of thiophene rings is 1. The molecule has 4 aromatic carbocycles. The molecule has 0 spiro atoms. The average molecular weight is 516 g/mol. The summed E-state index contributed by atoms with van der Waals surface area (Å²) in [4.78, 5) is 14.9. The van der Waals surface area contributed by atoms with E-state index in [9.17, 15) is 0 Å².